The van der Waals surface area contributed by atoms with Crippen molar-refractivity contribution in [3.63, 3.8) is 0 Å². The first kappa shape index (κ1) is 13.3. The Morgan fingerprint density at radius 1 is 1.42 bits per heavy atom. The summed E-state index contributed by atoms with van der Waals surface area (Å²) in [5.41, 5.74) is 0.385. The van der Waals surface area contributed by atoms with Crippen LogP contribution in [0.25, 0.3) is 0 Å². The third kappa shape index (κ3) is 3.01. The molecule has 2 rings (SSSR count). The maximum Gasteiger partial charge on any atom is 0.293 e. The minimum Gasteiger partial charge on any atom is -0.359 e. The Hall–Kier alpha value is -2.11. The van der Waals surface area contributed by atoms with Gasteiger partial charge in [-0.05, 0) is 27.7 Å². The molecule has 0 aliphatic heterocycles. The Labute approximate surface area is 111 Å². The summed E-state index contributed by atoms with van der Waals surface area (Å²) in [6.07, 6.45) is 3.30. The first-order valence-electron chi connectivity index (χ1n) is 6.12. The lowest BCUT2D eigenvalue weighted by atomic mass is 10.1. The number of nitrogens with one attached hydrogen (secondary N) is 1. The number of hydrogen-bond donors (Lipinski definition) is 1. The van der Waals surface area contributed by atoms with Crippen LogP contribution in [0.1, 0.15) is 32.2 Å². The zero-order valence-corrected chi connectivity index (χ0v) is 11.6. The van der Waals surface area contributed by atoms with Crippen molar-refractivity contribution < 1.29 is 4.52 Å². The second kappa shape index (κ2) is 4.87. The van der Waals surface area contributed by atoms with Gasteiger partial charge in [-0.2, -0.15) is 0 Å². The average molecular weight is 262 g/mol. The highest BCUT2D eigenvalue weighted by atomic mass is 16.5. The zero-order chi connectivity index (χ0) is 14.0. The summed E-state index contributed by atoms with van der Waals surface area (Å²) in [6.45, 7) is 8.14. The minimum absolute atomic E-state index is 0.147. The molecule has 0 atom stereocenters. The summed E-state index contributed by atoms with van der Waals surface area (Å²) in [5, 5.41) is 6.77. The topological polar surface area (TPSA) is 73.0 Å². The van der Waals surface area contributed by atoms with Gasteiger partial charge in [0.15, 0.2) is 11.6 Å². The molecule has 19 heavy (non-hydrogen) atoms. The van der Waals surface area contributed by atoms with Crippen molar-refractivity contribution in [3.8, 4) is 0 Å². The number of anilines is 1. The van der Waals surface area contributed by atoms with Crippen LogP contribution in [0.15, 0.2) is 27.8 Å². The number of aryl methyl sites for hydroxylation is 1. The lowest BCUT2D eigenvalue weighted by molar-refractivity contribution is 0.380. The van der Waals surface area contributed by atoms with Crippen molar-refractivity contribution in [1.29, 1.82) is 0 Å². The Morgan fingerprint density at radius 3 is 2.74 bits per heavy atom. The molecule has 0 fully saturated rings. The molecule has 0 aromatic carbocycles. The SMILES string of the molecule is Cc1cc(CNc2nccn(C(C)(C)C)c2=O)on1. The molecule has 0 aliphatic carbocycles. The molecule has 0 bridgehead atoms. The molecule has 0 amide bonds. The van der Waals surface area contributed by atoms with E-state index in [-0.39, 0.29) is 11.1 Å². The van der Waals surface area contributed by atoms with E-state index < -0.39 is 0 Å². The number of nitrogens with zero attached hydrogens (tertiary/aromatic N) is 3. The Bertz CT molecular complexity index is 622. The Kier molecular flexibility index (Phi) is 3.42. The minimum atomic E-state index is -0.278. The molecule has 0 radical (unpaired) electrons. The molecule has 2 aromatic heterocycles. The van der Waals surface area contributed by atoms with Gasteiger partial charge in [0.2, 0.25) is 0 Å². The summed E-state index contributed by atoms with van der Waals surface area (Å²) in [6, 6.07) is 1.82. The number of hydrogen-bond acceptors (Lipinski definition) is 5. The van der Waals surface area contributed by atoms with Crippen molar-refractivity contribution in [2.75, 3.05) is 5.32 Å². The van der Waals surface area contributed by atoms with Crippen LogP contribution in [0.3, 0.4) is 0 Å². The summed E-state index contributed by atoms with van der Waals surface area (Å²) in [4.78, 5) is 16.3. The van der Waals surface area contributed by atoms with Crippen molar-refractivity contribution in [2.24, 2.45) is 0 Å². The second-order valence-electron chi connectivity index (χ2n) is 5.41. The van der Waals surface area contributed by atoms with E-state index in [2.05, 4.69) is 15.5 Å². The van der Waals surface area contributed by atoms with Crippen LogP contribution in [0, 0.1) is 6.92 Å². The van der Waals surface area contributed by atoms with Crippen molar-refractivity contribution in [3.05, 3.63) is 40.3 Å². The fraction of sp³-hybridized carbons (Fsp3) is 0.462. The fourth-order valence-electron chi connectivity index (χ4n) is 1.73. The number of aromatic nitrogens is 3. The second-order valence-corrected chi connectivity index (χ2v) is 5.41. The summed E-state index contributed by atoms with van der Waals surface area (Å²) in [7, 11) is 0. The van der Waals surface area contributed by atoms with Gasteiger partial charge in [-0.3, -0.25) is 4.79 Å². The van der Waals surface area contributed by atoms with E-state index in [1.54, 1.807) is 17.0 Å². The Morgan fingerprint density at radius 2 is 2.16 bits per heavy atom. The van der Waals surface area contributed by atoms with Gasteiger partial charge in [0.25, 0.3) is 5.56 Å². The average Bonchev–Trinajstić information content (AvgIpc) is 2.72. The van der Waals surface area contributed by atoms with Crippen LogP contribution >= 0.6 is 0 Å². The standard InChI is InChI=1S/C13H18N4O2/c1-9-7-10(19-16-9)8-15-11-12(18)17(6-5-14-11)13(2,3)4/h5-7H,8H2,1-4H3,(H,14,15). The lowest BCUT2D eigenvalue weighted by Gasteiger charge is -2.22. The molecule has 6 nitrogen and oxygen atoms in total. The zero-order valence-electron chi connectivity index (χ0n) is 11.6. The van der Waals surface area contributed by atoms with Crippen LogP contribution in [0.5, 0.6) is 0 Å². The van der Waals surface area contributed by atoms with Gasteiger partial charge < -0.3 is 14.4 Å². The molecule has 102 valence electrons. The quantitative estimate of drug-likeness (QED) is 0.914. The van der Waals surface area contributed by atoms with Crippen LogP contribution in [-0.2, 0) is 12.1 Å². The molecule has 2 heterocycles. The Balaban J connectivity index is 2.20. The largest absolute Gasteiger partial charge is 0.359 e. The van der Waals surface area contributed by atoms with Gasteiger partial charge in [-0.1, -0.05) is 5.16 Å². The van der Waals surface area contributed by atoms with E-state index >= 15 is 0 Å². The van der Waals surface area contributed by atoms with Gasteiger partial charge >= 0.3 is 0 Å². The fourth-order valence-corrected chi connectivity index (χ4v) is 1.73. The smallest absolute Gasteiger partial charge is 0.293 e. The molecule has 0 spiro atoms. The molecular formula is C13H18N4O2. The highest BCUT2D eigenvalue weighted by Crippen LogP contribution is 2.11. The third-order valence-corrected chi connectivity index (χ3v) is 2.67. The maximum atomic E-state index is 12.2. The number of rotatable bonds is 3. The van der Waals surface area contributed by atoms with E-state index in [1.807, 2.05) is 33.8 Å². The highest BCUT2D eigenvalue weighted by Gasteiger charge is 2.16. The maximum absolute atomic E-state index is 12.2. The van der Waals surface area contributed by atoms with Crippen molar-refractivity contribution >= 4 is 5.82 Å². The molecule has 0 unspecified atom stereocenters. The van der Waals surface area contributed by atoms with Crippen LogP contribution in [0.4, 0.5) is 5.82 Å². The summed E-state index contributed by atoms with van der Waals surface area (Å²) in [5.74, 6) is 0.983. The highest BCUT2D eigenvalue weighted by molar-refractivity contribution is 5.31. The van der Waals surface area contributed by atoms with Gasteiger partial charge in [0.05, 0.1) is 12.2 Å². The molecule has 1 N–H and O–H groups in total. The molecule has 0 saturated heterocycles. The van der Waals surface area contributed by atoms with Crippen molar-refractivity contribution in [2.45, 2.75) is 39.8 Å². The first-order valence-corrected chi connectivity index (χ1v) is 6.12. The van der Waals surface area contributed by atoms with E-state index in [0.717, 1.165) is 5.69 Å². The van der Waals surface area contributed by atoms with Gasteiger partial charge in [0, 0.05) is 24.0 Å². The predicted molar refractivity (Wildman–Crippen MR) is 72.1 cm³/mol. The monoisotopic (exact) mass is 262 g/mol. The third-order valence-electron chi connectivity index (χ3n) is 2.67. The first-order chi connectivity index (χ1) is 8.88. The van der Waals surface area contributed by atoms with Crippen molar-refractivity contribution in [1.82, 2.24) is 14.7 Å². The van der Waals surface area contributed by atoms with Gasteiger partial charge in [0.1, 0.15) is 0 Å². The van der Waals surface area contributed by atoms with Crippen LogP contribution in [0.2, 0.25) is 0 Å². The van der Waals surface area contributed by atoms with Crippen LogP contribution < -0.4 is 10.9 Å². The van der Waals surface area contributed by atoms with Crippen LogP contribution in [-0.4, -0.2) is 14.7 Å². The molecule has 0 aliphatic rings. The van der Waals surface area contributed by atoms with E-state index in [4.69, 9.17) is 4.52 Å². The molecular weight excluding hydrogens is 244 g/mol. The van der Waals surface area contributed by atoms with Gasteiger partial charge in [-0.25, -0.2) is 4.98 Å². The molecule has 6 heteroatoms. The normalized spacial score (nSPS) is 11.6. The van der Waals surface area contributed by atoms with E-state index in [1.165, 1.54) is 0 Å². The molecule has 0 saturated carbocycles. The lowest BCUT2D eigenvalue weighted by Crippen LogP contribution is -2.35. The van der Waals surface area contributed by atoms with Gasteiger partial charge in [-0.15, -0.1) is 0 Å². The summed E-state index contributed by atoms with van der Waals surface area (Å²) < 4.78 is 6.72. The predicted octanol–water partition coefficient (Wildman–Crippen LogP) is 1.91. The summed E-state index contributed by atoms with van der Waals surface area (Å²) >= 11 is 0. The van der Waals surface area contributed by atoms with E-state index in [0.29, 0.717) is 18.1 Å². The van der Waals surface area contributed by atoms with E-state index in [9.17, 15) is 4.79 Å². The molecule has 2 aromatic rings.